The fraction of sp³-hybridized carbons (Fsp3) is 0.562. The highest BCUT2D eigenvalue weighted by molar-refractivity contribution is 5.76. The van der Waals surface area contributed by atoms with Gasteiger partial charge in [0, 0.05) is 24.4 Å². The third-order valence-corrected chi connectivity index (χ3v) is 4.14. The molecule has 1 aliphatic heterocycles. The van der Waals surface area contributed by atoms with Crippen molar-refractivity contribution in [1.82, 2.24) is 4.90 Å². The maximum absolute atomic E-state index is 12.1. The first-order chi connectivity index (χ1) is 10.2. The highest BCUT2D eigenvalue weighted by Crippen LogP contribution is 2.23. The first kappa shape index (κ1) is 15.4. The lowest BCUT2D eigenvalue weighted by atomic mass is 10.0. The van der Waals surface area contributed by atoms with Gasteiger partial charge in [-0.25, -0.2) is 0 Å². The van der Waals surface area contributed by atoms with Crippen molar-refractivity contribution in [2.24, 2.45) is 11.0 Å². The van der Waals surface area contributed by atoms with E-state index in [0.29, 0.717) is 25.3 Å². The van der Waals surface area contributed by atoms with Crippen LogP contribution in [0.4, 0.5) is 0 Å². The molecular formula is C16H22N4O. The van der Waals surface area contributed by atoms with Crippen LogP contribution >= 0.6 is 0 Å². The van der Waals surface area contributed by atoms with E-state index in [4.69, 9.17) is 5.53 Å². The smallest absolute Gasteiger partial charge is 0.222 e. The van der Waals surface area contributed by atoms with Crippen molar-refractivity contribution in [1.29, 1.82) is 0 Å². The van der Waals surface area contributed by atoms with Crippen molar-refractivity contribution in [2.45, 2.75) is 38.6 Å². The Labute approximate surface area is 125 Å². The monoisotopic (exact) mass is 286 g/mol. The second-order valence-electron chi connectivity index (χ2n) is 5.73. The van der Waals surface area contributed by atoms with Gasteiger partial charge in [-0.3, -0.25) is 4.79 Å². The summed E-state index contributed by atoms with van der Waals surface area (Å²) in [5, 5.41) is 3.88. The number of hydrogen-bond acceptors (Lipinski definition) is 2. The number of benzene rings is 1. The Balaban J connectivity index is 1.98. The molecule has 1 saturated heterocycles. The van der Waals surface area contributed by atoms with Crippen LogP contribution in [0.5, 0.6) is 0 Å². The van der Waals surface area contributed by atoms with E-state index in [0.717, 1.165) is 24.9 Å². The van der Waals surface area contributed by atoms with E-state index in [1.165, 1.54) is 0 Å². The molecule has 1 heterocycles. The first-order valence-corrected chi connectivity index (χ1v) is 7.57. The lowest BCUT2D eigenvalue weighted by Gasteiger charge is -2.22. The first-order valence-electron chi connectivity index (χ1n) is 7.57. The third-order valence-electron chi connectivity index (χ3n) is 4.14. The standard InChI is InChI=1S/C16H22N4O/c1-13-7-8-16(21)20(11-9-13)12-10-15(18-19-17)14-5-3-2-4-6-14/h2-6,13,15H,7-12H2,1H3/t13-,15?/m1/s1. The van der Waals surface area contributed by atoms with Gasteiger partial charge in [0.05, 0.1) is 6.04 Å². The molecule has 1 unspecified atom stereocenters. The van der Waals surface area contributed by atoms with Crippen LogP contribution in [-0.4, -0.2) is 23.9 Å². The average molecular weight is 286 g/mol. The molecule has 21 heavy (non-hydrogen) atoms. The molecule has 0 aliphatic carbocycles. The van der Waals surface area contributed by atoms with Crippen LogP contribution in [0.3, 0.4) is 0 Å². The Bertz CT molecular complexity index is 510. The van der Waals surface area contributed by atoms with Gasteiger partial charge in [0.1, 0.15) is 0 Å². The molecule has 0 N–H and O–H groups in total. The fourth-order valence-electron chi connectivity index (χ4n) is 2.72. The summed E-state index contributed by atoms with van der Waals surface area (Å²) in [6, 6.07) is 9.54. The van der Waals surface area contributed by atoms with Gasteiger partial charge in [0.2, 0.25) is 5.91 Å². The highest BCUT2D eigenvalue weighted by Gasteiger charge is 2.21. The largest absolute Gasteiger partial charge is 0.343 e. The number of carbonyl (C=O) groups excluding carboxylic acids is 1. The molecule has 0 aromatic heterocycles. The summed E-state index contributed by atoms with van der Waals surface area (Å²) in [6.45, 7) is 3.67. The van der Waals surface area contributed by atoms with Crippen molar-refractivity contribution >= 4 is 5.91 Å². The van der Waals surface area contributed by atoms with Crippen LogP contribution in [-0.2, 0) is 4.79 Å². The lowest BCUT2D eigenvalue weighted by Crippen LogP contribution is -2.32. The van der Waals surface area contributed by atoms with Crippen LogP contribution in [0.15, 0.2) is 35.4 Å². The number of amides is 1. The number of azide groups is 1. The van der Waals surface area contributed by atoms with E-state index in [1.54, 1.807) is 0 Å². The molecule has 1 aliphatic rings. The van der Waals surface area contributed by atoms with Gasteiger partial charge in [-0.15, -0.1) is 0 Å². The van der Waals surface area contributed by atoms with E-state index in [2.05, 4.69) is 16.9 Å². The topological polar surface area (TPSA) is 69.1 Å². The van der Waals surface area contributed by atoms with Crippen molar-refractivity contribution in [2.75, 3.05) is 13.1 Å². The maximum atomic E-state index is 12.1. The summed E-state index contributed by atoms with van der Waals surface area (Å²) in [4.78, 5) is 17.0. The summed E-state index contributed by atoms with van der Waals surface area (Å²) in [6.07, 6.45) is 3.35. The molecule has 1 fully saturated rings. The Morgan fingerprint density at radius 3 is 2.86 bits per heavy atom. The second-order valence-corrected chi connectivity index (χ2v) is 5.73. The van der Waals surface area contributed by atoms with Gasteiger partial charge >= 0.3 is 0 Å². The third kappa shape index (κ3) is 4.50. The van der Waals surface area contributed by atoms with Crippen molar-refractivity contribution in [3.63, 3.8) is 0 Å². The zero-order valence-electron chi connectivity index (χ0n) is 12.5. The van der Waals surface area contributed by atoms with E-state index in [1.807, 2.05) is 35.2 Å². The van der Waals surface area contributed by atoms with Gasteiger partial charge in [-0.05, 0) is 36.3 Å². The summed E-state index contributed by atoms with van der Waals surface area (Å²) in [5.41, 5.74) is 9.75. The summed E-state index contributed by atoms with van der Waals surface area (Å²) < 4.78 is 0. The quantitative estimate of drug-likeness (QED) is 0.457. The van der Waals surface area contributed by atoms with Gasteiger partial charge in [0.25, 0.3) is 0 Å². The molecule has 0 bridgehead atoms. The van der Waals surface area contributed by atoms with Crippen molar-refractivity contribution < 1.29 is 4.79 Å². The molecule has 2 rings (SSSR count). The summed E-state index contributed by atoms with van der Waals surface area (Å²) in [7, 11) is 0. The highest BCUT2D eigenvalue weighted by atomic mass is 16.2. The minimum atomic E-state index is -0.204. The average Bonchev–Trinajstić information content (AvgIpc) is 2.67. The van der Waals surface area contributed by atoms with Gasteiger partial charge < -0.3 is 4.90 Å². The normalized spacial score (nSPS) is 20.5. The summed E-state index contributed by atoms with van der Waals surface area (Å²) >= 11 is 0. The molecule has 1 aromatic rings. The van der Waals surface area contributed by atoms with Crippen LogP contribution in [0.1, 0.15) is 44.2 Å². The molecule has 112 valence electrons. The number of rotatable bonds is 5. The molecule has 1 aromatic carbocycles. The van der Waals surface area contributed by atoms with E-state index >= 15 is 0 Å². The van der Waals surface area contributed by atoms with Crippen LogP contribution in [0.2, 0.25) is 0 Å². The van der Waals surface area contributed by atoms with Gasteiger partial charge in [0.15, 0.2) is 0 Å². The van der Waals surface area contributed by atoms with Gasteiger partial charge in [-0.2, -0.15) is 0 Å². The Kier molecular flexibility index (Phi) is 5.64. The maximum Gasteiger partial charge on any atom is 0.222 e. The minimum absolute atomic E-state index is 0.204. The van der Waals surface area contributed by atoms with Crippen LogP contribution in [0.25, 0.3) is 10.4 Å². The zero-order chi connectivity index (χ0) is 15.1. The Hall–Kier alpha value is -2.00. The van der Waals surface area contributed by atoms with Gasteiger partial charge in [-0.1, -0.05) is 42.4 Å². The zero-order valence-corrected chi connectivity index (χ0v) is 12.5. The fourth-order valence-corrected chi connectivity index (χ4v) is 2.72. The van der Waals surface area contributed by atoms with Crippen LogP contribution < -0.4 is 0 Å². The van der Waals surface area contributed by atoms with Crippen LogP contribution in [0, 0.1) is 5.92 Å². The number of hydrogen-bond donors (Lipinski definition) is 0. The molecule has 5 heteroatoms. The van der Waals surface area contributed by atoms with Crippen molar-refractivity contribution in [3.05, 3.63) is 46.3 Å². The molecule has 0 spiro atoms. The molecule has 0 radical (unpaired) electrons. The molecule has 1 amide bonds. The Morgan fingerprint density at radius 1 is 1.38 bits per heavy atom. The molecular weight excluding hydrogens is 264 g/mol. The van der Waals surface area contributed by atoms with E-state index in [-0.39, 0.29) is 11.9 Å². The Morgan fingerprint density at radius 2 is 2.14 bits per heavy atom. The molecule has 2 atom stereocenters. The number of carbonyl (C=O) groups is 1. The second kappa shape index (κ2) is 7.70. The predicted octanol–water partition coefficient (Wildman–Crippen LogP) is 4.08. The SMILES string of the molecule is C[C@@H]1CCC(=O)N(CCC(N=[N+]=[N-])c2ccccc2)CC1. The summed E-state index contributed by atoms with van der Waals surface area (Å²) in [5.74, 6) is 0.841. The number of likely N-dealkylation sites (tertiary alicyclic amines) is 1. The minimum Gasteiger partial charge on any atom is -0.343 e. The molecule has 5 nitrogen and oxygen atoms in total. The van der Waals surface area contributed by atoms with Crippen molar-refractivity contribution in [3.8, 4) is 0 Å². The predicted molar refractivity (Wildman–Crippen MR) is 82.5 cm³/mol. The van der Waals surface area contributed by atoms with E-state index < -0.39 is 0 Å². The van der Waals surface area contributed by atoms with E-state index in [9.17, 15) is 4.79 Å². The lowest BCUT2D eigenvalue weighted by molar-refractivity contribution is -0.130. The molecule has 0 saturated carbocycles. The number of nitrogens with zero attached hydrogens (tertiary/aromatic N) is 4.